The van der Waals surface area contributed by atoms with Gasteiger partial charge in [0.1, 0.15) is 5.41 Å². The van der Waals surface area contributed by atoms with Gasteiger partial charge in [0.25, 0.3) is 0 Å². The molecule has 2 aliphatic carbocycles. The van der Waals surface area contributed by atoms with Crippen LogP contribution >= 0.6 is 11.6 Å². The summed E-state index contributed by atoms with van der Waals surface area (Å²) in [6.07, 6.45) is 2.29. The molecule has 0 unspecified atom stereocenters. The Kier molecular flexibility index (Phi) is 2.94. The van der Waals surface area contributed by atoms with Crippen LogP contribution in [0.15, 0.2) is 24.3 Å². The molecular formula is C16H18ClNO2. The van der Waals surface area contributed by atoms with E-state index in [9.17, 15) is 9.59 Å². The fourth-order valence-electron chi connectivity index (χ4n) is 3.78. The minimum absolute atomic E-state index is 0.0887. The van der Waals surface area contributed by atoms with Crippen molar-refractivity contribution in [2.24, 2.45) is 16.7 Å². The smallest absolute Gasteiger partial charge is 0.238 e. The third kappa shape index (κ3) is 1.72. The highest BCUT2D eigenvalue weighted by molar-refractivity contribution is 6.34. The van der Waals surface area contributed by atoms with E-state index in [1.807, 2.05) is 26.0 Å². The maximum absolute atomic E-state index is 12.7. The minimum Gasteiger partial charge on any atom is -0.324 e. The summed E-state index contributed by atoms with van der Waals surface area (Å²) in [6.45, 7) is 3.92. The third-order valence-electron chi connectivity index (χ3n) is 5.11. The van der Waals surface area contributed by atoms with Crippen LogP contribution < -0.4 is 5.32 Å². The van der Waals surface area contributed by atoms with Crippen LogP contribution in [0.4, 0.5) is 5.69 Å². The van der Waals surface area contributed by atoms with Crippen LogP contribution in [0.3, 0.4) is 0 Å². The Morgan fingerprint density at radius 1 is 1.35 bits per heavy atom. The van der Waals surface area contributed by atoms with Crippen molar-refractivity contribution < 1.29 is 9.59 Å². The van der Waals surface area contributed by atoms with Crippen molar-refractivity contribution in [2.45, 2.75) is 33.1 Å². The maximum atomic E-state index is 12.7. The number of rotatable bonds is 2. The van der Waals surface area contributed by atoms with Crippen molar-refractivity contribution in [3.63, 3.8) is 0 Å². The van der Waals surface area contributed by atoms with Crippen molar-refractivity contribution in [3.05, 3.63) is 29.3 Å². The molecule has 2 fully saturated rings. The number of Topliss-reactive ketones (excluding diaryl/α,β-unsaturated/α-hetero) is 1. The highest BCUT2D eigenvalue weighted by atomic mass is 35.5. The lowest BCUT2D eigenvalue weighted by Gasteiger charge is -2.32. The van der Waals surface area contributed by atoms with E-state index in [2.05, 4.69) is 5.32 Å². The van der Waals surface area contributed by atoms with Crippen molar-refractivity contribution in [1.29, 1.82) is 0 Å². The number of fused-ring (bicyclic) bond motifs is 2. The Morgan fingerprint density at radius 3 is 2.65 bits per heavy atom. The van der Waals surface area contributed by atoms with E-state index in [4.69, 9.17) is 11.6 Å². The summed E-state index contributed by atoms with van der Waals surface area (Å²) in [5.41, 5.74) is -0.641. The molecule has 20 heavy (non-hydrogen) atoms. The van der Waals surface area contributed by atoms with Crippen molar-refractivity contribution in [3.8, 4) is 0 Å². The molecule has 0 radical (unpaired) electrons. The first-order valence-electron chi connectivity index (χ1n) is 6.99. The number of hydrogen-bond donors (Lipinski definition) is 1. The van der Waals surface area contributed by atoms with E-state index in [0.29, 0.717) is 29.5 Å². The summed E-state index contributed by atoms with van der Waals surface area (Å²) >= 11 is 6.07. The molecule has 4 heteroatoms. The normalized spacial score (nSPS) is 30.6. The summed E-state index contributed by atoms with van der Waals surface area (Å²) in [5, 5.41) is 3.34. The number of amides is 1. The monoisotopic (exact) mass is 291 g/mol. The molecule has 1 amide bonds. The molecule has 2 bridgehead atoms. The largest absolute Gasteiger partial charge is 0.324 e. The highest BCUT2D eigenvalue weighted by Gasteiger charge is 2.65. The van der Waals surface area contributed by atoms with Gasteiger partial charge < -0.3 is 5.32 Å². The molecule has 3 rings (SSSR count). The van der Waals surface area contributed by atoms with Gasteiger partial charge >= 0.3 is 0 Å². The molecule has 2 aliphatic rings. The maximum Gasteiger partial charge on any atom is 0.238 e. The van der Waals surface area contributed by atoms with Gasteiger partial charge in [0, 0.05) is 5.41 Å². The molecule has 3 nitrogen and oxygen atoms in total. The van der Waals surface area contributed by atoms with Gasteiger partial charge in [-0.1, -0.05) is 37.6 Å². The summed E-state index contributed by atoms with van der Waals surface area (Å²) in [5.74, 6) is 0.224. The van der Waals surface area contributed by atoms with Crippen LogP contribution in [0, 0.1) is 16.7 Å². The predicted octanol–water partition coefficient (Wildman–Crippen LogP) is 3.67. The van der Waals surface area contributed by atoms with Crippen LogP contribution in [0.5, 0.6) is 0 Å². The zero-order valence-corrected chi connectivity index (χ0v) is 12.5. The van der Waals surface area contributed by atoms with E-state index >= 15 is 0 Å². The molecule has 0 saturated heterocycles. The first kappa shape index (κ1) is 13.6. The number of carbonyl (C=O) groups is 2. The van der Waals surface area contributed by atoms with Crippen LogP contribution in [0.2, 0.25) is 5.02 Å². The van der Waals surface area contributed by atoms with Crippen molar-refractivity contribution in [2.75, 3.05) is 5.32 Å². The fraction of sp³-hybridized carbons (Fsp3) is 0.500. The molecule has 0 aromatic heterocycles. The number of halogens is 1. The Bertz CT molecular complexity index is 596. The van der Waals surface area contributed by atoms with Gasteiger partial charge in [-0.15, -0.1) is 0 Å². The summed E-state index contributed by atoms with van der Waals surface area (Å²) in [4.78, 5) is 25.3. The number of benzene rings is 1. The van der Waals surface area contributed by atoms with E-state index in [1.54, 1.807) is 12.1 Å². The van der Waals surface area contributed by atoms with Crippen LogP contribution in [-0.2, 0) is 9.59 Å². The topological polar surface area (TPSA) is 46.2 Å². The molecular weight excluding hydrogens is 274 g/mol. The lowest BCUT2D eigenvalue weighted by atomic mass is 9.70. The average Bonchev–Trinajstić information content (AvgIpc) is 2.93. The first-order chi connectivity index (χ1) is 9.38. The highest BCUT2D eigenvalue weighted by Crippen LogP contribution is 2.60. The number of ketones is 1. The lowest BCUT2D eigenvalue weighted by molar-refractivity contribution is -0.142. The molecule has 1 N–H and O–H groups in total. The van der Waals surface area contributed by atoms with Gasteiger partial charge in [0.15, 0.2) is 5.78 Å². The number of para-hydroxylation sites is 1. The minimum atomic E-state index is -0.840. The Labute approximate surface area is 123 Å². The Balaban J connectivity index is 1.89. The second-order valence-electron chi connectivity index (χ2n) is 6.51. The number of nitrogens with one attached hydrogen (secondary N) is 1. The number of carbonyl (C=O) groups excluding carboxylic acids is 2. The summed E-state index contributed by atoms with van der Waals surface area (Å²) in [7, 11) is 0. The average molecular weight is 292 g/mol. The van der Waals surface area contributed by atoms with Gasteiger partial charge in [0.2, 0.25) is 5.91 Å². The SMILES string of the molecule is CC1(C)C(=O)[C@@]2(C(=O)Nc3ccccc3Cl)CC[C@@H]1C2. The van der Waals surface area contributed by atoms with Gasteiger partial charge in [-0.2, -0.15) is 0 Å². The van der Waals surface area contributed by atoms with E-state index in [-0.39, 0.29) is 17.1 Å². The van der Waals surface area contributed by atoms with Crippen LogP contribution in [0.1, 0.15) is 33.1 Å². The van der Waals surface area contributed by atoms with Gasteiger partial charge in [-0.3, -0.25) is 9.59 Å². The van der Waals surface area contributed by atoms with E-state index < -0.39 is 5.41 Å². The molecule has 0 heterocycles. The fourth-order valence-corrected chi connectivity index (χ4v) is 3.97. The zero-order chi connectivity index (χ0) is 14.5. The molecule has 1 aromatic rings. The lowest BCUT2D eigenvalue weighted by Crippen LogP contribution is -2.44. The van der Waals surface area contributed by atoms with Gasteiger partial charge in [-0.25, -0.2) is 0 Å². The number of anilines is 1. The van der Waals surface area contributed by atoms with Crippen LogP contribution in [0.25, 0.3) is 0 Å². The van der Waals surface area contributed by atoms with Gasteiger partial charge in [-0.05, 0) is 37.3 Å². The summed E-state index contributed by atoms with van der Waals surface area (Å²) < 4.78 is 0. The molecule has 2 atom stereocenters. The quantitative estimate of drug-likeness (QED) is 0.845. The molecule has 0 spiro atoms. The van der Waals surface area contributed by atoms with Crippen molar-refractivity contribution >= 4 is 29.0 Å². The molecule has 0 aliphatic heterocycles. The van der Waals surface area contributed by atoms with E-state index in [1.165, 1.54) is 0 Å². The predicted molar refractivity (Wildman–Crippen MR) is 78.6 cm³/mol. The third-order valence-corrected chi connectivity index (χ3v) is 5.44. The summed E-state index contributed by atoms with van der Waals surface area (Å²) in [6, 6.07) is 7.11. The van der Waals surface area contributed by atoms with Gasteiger partial charge in [0.05, 0.1) is 10.7 Å². The zero-order valence-electron chi connectivity index (χ0n) is 11.7. The molecule has 1 aromatic carbocycles. The second-order valence-corrected chi connectivity index (χ2v) is 6.91. The van der Waals surface area contributed by atoms with E-state index in [0.717, 1.165) is 6.42 Å². The Hall–Kier alpha value is -1.35. The number of hydrogen-bond acceptors (Lipinski definition) is 2. The standard InChI is InChI=1S/C16H18ClNO2/c1-15(2)10-7-8-16(9-10,13(15)19)14(20)18-12-6-4-3-5-11(12)17/h3-6,10H,7-9H2,1-2H3,(H,18,20)/t10-,16-/m1/s1. The van der Waals surface area contributed by atoms with Crippen molar-refractivity contribution in [1.82, 2.24) is 0 Å². The molecule has 2 saturated carbocycles. The Morgan fingerprint density at radius 2 is 2.05 bits per heavy atom. The molecule has 106 valence electrons. The second kappa shape index (κ2) is 4.32. The first-order valence-corrected chi connectivity index (χ1v) is 7.36. The van der Waals surface area contributed by atoms with Crippen LogP contribution in [-0.4, -0.2) is 11.7 Å².